The van der Waals surface area contributed by atoms with Gasteiger partial charge in [0.2, 0.25) is 0 Å². The maximum atomic E-state index is 11.6. The zero-order valence-electron chi connectivity index (χ0n) is 9.88. The number of benzene rings is 1. The summed E-state index contributed by atoms with van der Waals surface area (Å²) >= 11 is 12.0. The van der Waals surface area contributed by atoms with Crippen molar-refractivity contribution in [1.82, 2.24) is 5.32 Å². The summed E-state index contributed by atoms with van der Waals surface area (Å²) in [5, 5.41) is 13.8. The van der Waals surface area contributed by atoms with E-state index < -0.39 is 11.4 Å². The van der Waals surface area contributed by atoms with Gasteiger partial charge in [0.25, 0.3) is 0 Å². The van der Waals surface area contributed by atoms with Gasteiger partial charge in [-0.1, -0.05) is 23.2 Å². The fraction of sp³-hybridized carbons (Fsp3) is 0.462. The van der Waals surface area contributed by atoms with Crippen LogP contribution in [0.3, 0.4) is 0 Å². The molecule has 98 valence electrons. The summed E-state index contributed by atoms with van der Waals surface area (Å²) in [5.74, 6) is -0.772. The fourth-order valence-electron chi connectivity index (χ4n) is 2.42. The smallest absolute Gasteiger partial charge is 0.311 e. The largest absolute Gasteiger partial charge is 0.481 e. The lowest BCUT2D eigenvalue weighted by Crippen LogP contribution is -2.47. The lowest BCUT2D eigenvalue weighted by atomic mass is 9.76. The predicted octanol–water partition coefficient (Wildman–Crippen LogP) is 2.99. The summed E-state index contributed by atoms with van der Waals surface area (Å²) in [6.45, 7) is 1.35. The summed E-state index contributed by atoms with van der Waals surface area (Å²) in [6.07, 6.45) is 1.94. The number of hydrogen-bond acceptors (Lipinski definition) is 2. The number of piperidine rings is 1. The van der Waals surface area contributed by atoms with Crippen molar-refractivity contribution in [3.63, 3.8) is 0 Å². The molecule has 1 aliphatic heterocycles. The average Bonchev–Trinajstić information content (AvgIpc) is 2.35. The van der Waals surface area contributed by atoms with E-state index in [9.17, 15) is 9.90 Å². The molecule has 1 heterocycles. The van der Waals surface area contributed by atoms with Crippen molar-refractivity contribution in [2.75, 3.05) is 13.1 Å². The van der Waals surface area contributed by atoms with Crippen LogP contribution in [-0.4, -0.2) is 24.2 Å². The van der Waals surface area contributed by atoms with E-state index in [-0.39, 0.29) is 0 Å². The molecule has 3 nitrogen and oxygen atoms in total. The minimum atomic E-state index is -0.772. The van der Waals surface area contributed by atoms with Gasteiger partial charge in [0.05, 0.1) is 5.41 Å². The van der Waals surface area contributed by atoms with Crippen molar-refractivity contribution in [2.24, 2.45) is 5.41 Å². The average molecular weight is 288 g/mol. The van der Waals surface area contributed by atoms with Gasteiger partial charge in [-0.3, -0.25) is 4.79 Å². The molecule has 1 saturated heterocycles. The van der Waals surface area contributed by atoms with E-state index in [1.807, 2.05) is 0 Å². The van der Waals surface area contributed by atoms with Crippen molar-refractivity contribution >= 4 is 29.2 Å². The molecule has 2 rings (SSSR count). The number of nitrogens with one attached hydrogen (secondary N) is 1. The molecule has 0 bridgehead atoms. The summed E-state index contributed by atoms with van der Waals surface area (Å²) in [4.78, 5) is 11.6. The monoisotopic (exact) mass is 287 g/mol. The Bertz CT molecular complexity index is 456. The zero-order chi connectivity index (χ0) is 13.2. The molecule has 1 fully saturated rings. The Morgan fingerprint density at radius 2 is 2.22 bits per heavy atom. The van der Waals surface area contributed by atoms with E-state index in [1.54, 1.807) is 18.2 Å². The van der Waals surface area contributed by atoms with Crippen LogP contribution in [0.2, 0.25) is 10.0 Å². The molecule has 0 radical (unpaired) electrons. The molecule has 0 aliphatic carbocycles. The van der Waals surface area contributed by atoms with E-state index in [2.05, 4.69) is 5.32 Å². The first-order valence-electron chi connectivity index (χ1n) is 5.92. The minimum Gasteiger partial charge on any atom is -0.481 e. The van der Waals surface area contributed by atoms with Gasteiger partial charge >= 0.3 is 5.97 Å². The van der Waals surface area contributed by atoms with Gasteiger partial charge in [-0.2, -0.15) is 0 Å². The highest BCUT2D eigenvalue weighted by Gasteiger charge is 2.40. The SMILES string of the molecule is O=C(O)C1(Cc2cc(Cl)ccc2Cl)CCCNC1. The number of hydrogen-bond donors (Lipinski definition) is 2. The maximum Gasteiger partial charge on any atom is 0.311 e. The summed E-state index contributed by atoms with van der Waals surface area (Å²) in [6, 6.07) is 5.17. The predicted molar refractivity (Wildman–Crippen MR) is 72.3 cm³/mol. The van der Waals surface area contributed by atoms with Crippen LogP contribution in [0.4, 0.5) is 0 Å². The van der Waals surface area contributed by atoms with Crippen LogP contribution >= 0.6 is 23.2 Å². The standard InChI is InChI=1S/C13H15Cl2NO2/c14-10-2-3-11(15)9(6-10)7-13(12(17)18)4-1-5-16-8-13/h2-3,6,16H,1,4-5,7-8H2,(H,17,18). The quantitative estimate of drug-likeness (QED) is 0.899. The van der Waals surface area contributed by atoms with Gasteiger partial charge in [0, 0.05) is 16.6 Å². The van der Waals surface area contributed by atoms with Gasteiger partial charge in [-0.05, 0) is 49.6 Å². The summed E-state index contributed by atoms with van der Waals surface area (Å²) in [5.41, 5.74) is 0.0299. The first-order valence-corrected chi connectivity index (χ1v) is 6.67. The van der Waals surface area contributed by atoms with Gasteiger partial charge in [-0.15, -0.1) is 0 Å². The van der Waals surface area contributed by atoms with Crippen LogP contribution in [0, 0.1) is 5.41 Å². The Kier molecular flexibility index (Phi) is 4.15. The molecule has 0 saturated carbocycles. The van der Waals surface area contributed by atoms with Crippen molar-refractivity contribution in [2.45, 2.75) is 19.3 Å². The van der Waals surface area contributed by atoms with Crippen molar-refractivity contribution in [3.8, 4) is 0 Å². The second kappa shape index (κ2) is 5.47. The van der Waals surface area contributed by atoms with Gasteiger partial charge in [0.15, 0.2) is 0 Å². The number of carboxylic acid groups (broad SMARTS) is 1. The lowest BCUT2D eigenvalue weighted by Gasteiger charge is -2.34. The highest BCUT2D eigenvalue weighted by molar-refractivity contribution is 6.33. The molecule has 1 aromatic rings. The molecular formula is C13H15Cl2NO2. The molecular weight excluding hydrogens is 273 g/mol. The molecule has 1 unspecified atom stereocenters. The van der Waals surface area contributed by atoms with E-state index in [4.69, 9.17) is 23.2 Å². The molecule has 1 aromatic carbocycles. The third kappa shape index (κ3) is 2.79. The molecule has 1 aliphatic rings. The van der Waals surface area contributed by atoms with Crippen LogP contribution < -0.4 is 5.32 Å². The topological polar surface area (TPSA) is 49.3 Å². The van der Waals surface area contributed by atoms with Gasteiger partial charge in [0.1, 0.15) is 0 Å². The van der Waals surface area contributed by atoms with Crippen molar-refractivity contribution < 1.29 is 9.90 Å². The molecule has 0 aromatic heterocycles. The zero-order valence-corrected chi connectivity index (χ0v) is 11.4. The molecule has 1 atom stereocenters. The molecule has 2 N–H and O–H groups in total. The Morgan fingerprint density at radius 3 is 2.83 bits per heavy atom. The number of carboxylic acids is 1. The van der Waals surface area contributed by atoms with E-state index in [0.29, 0.717) is 29.4 Å². The number of carbonyl (C=O) groups is 1. The highest BCUT2D eigenvalue weighted by atomic mass is 35.5. The van der Waals surface area contributed by atoms with E-state index in [0.717, 1.165) is 18.5 Å². The normalized spacial score (nSPS) is 23.9. The lowest BCUT2D eigenvalue weighted by molar-refractivity contribution is -0.150. The van der Waals surface area contributed by atoms with Crippen molar-refractivity contribution in [1.29, 1.82) is 0 Å². The Morgan fingerprint density at radius 1 is 1.44 bits per heavy atom. The Labute approximate surface area is 116 Å². The summed E-state index contributed by atoms with van der Waals surface area (Å²) < 4.78 is 0. The molecule has 5 heteroatoms. The number of aliphatic carboxylic acids is 1. The highest BCUT2D eigenvalue weighted by Crippen LogP contribution is 2.34. The third-order valence-corrected chi connectivity index (χ3v) is 4.07. The first-order chi connectivity index (χ1) is 8.53. The first kappa shape index (κ1) is 13.7. The molecule has 0 amide bonds. The van der Waals surface area contributed by atoms with Crippen molar-refractivity contribution in [3.05, 3.63) is 33.8 Å². The van der Waals surface area contributed by atoms with Crippen LogP contribution in [0.15, 0.2) is 18.2 Å². The molecule has 0 spiro atoms. The molecule has 18 heavy (non-hydrogen) atoms. The van der Waals surface area contributed by atoms with E-state index in [1.165, 1.54) is 0 Å². The number of halogens is 2. The van der Waals surface area contributed by atoms with Crippen LogP contribution in [-0.2, 0) is 11.2 Å². The second-order valence-electron chi connectivity index (χ2n) is 4.78. The minimum absolute atomic E-state index is 0.411. The van der Waals surface area contributed by atoms with Crippen LogP contribution in [0.25, 0.3) is 0 Å². The third-order valence-electron chi connectivity index (χ3n) is 3.46. The fourth-order valence-corrected chi connectivity index (χ4v) is 2.80. The Balaban J connectivity index is 2.28. The second-order valence-corrected chi connectivity index (χ2v) is 5.62. The summed E-state index contributed by atoms with van der Waals surface area (Å²) in [7, 11) is 0. The van der Waals surface area contributed by atoms with Gasteiger partial charge < -0.3 is 10.4 Å². The Hall–Kier alpha value is -0.770. The van der Waals surface area contributed by atoms with Gasteiger partial charge in [-0.25, -0.2) is 0 Å². The number of rotatable bonds is 3. The van der Waals surface area contributed by atoms with Crippen LogP contribution in [0.5, 0.6) is 0 Å². The maximum absolute atomic E-state index is 11.6. The van der Waals surface area contributed by atoms with E-state index >= 15 is 0 Å². The van der Waals surface area contributed by atoms with Crippen LogP contribution in [0.1, 0.15) is 18.4 Å².